The number of ether oxygens (including phenoxy) is 1. The normalized spacial score (nSPS) is 11.0. The van der Waals surface area contributed by atoms with E-state index in [9.17, 15) is 22.8 Å². The van der Waals surface area contributed by atoms with Gasteiger partial charge >= 0.3 is 6.18 Å². The van der Waals surface area contributed by atoms with Crippen molar-refractivity contribution in [3.63, 3.8) is 0 Å². The maximum absolute atomic E-state index is 13.0. The fourth-order valence-electron chi connectivity index (χ4n) is 1.90. The third kappa shape index (κ3) is 3.98. The van der Waals surface area contributed by atoms with E-state index in [1.54, 1.807) is 0 Å². The Morgan fingerprint density at radius 1 is 1.17 bits per heavy atom. The summed E-state index contributed by atoms with van der Waals surface area (Å²) in [6, 6.07) is 7.02. The fourth-order valence-corrected chi connectivity index (χ4v) is 2.23. The van der Waals surface area contributed by atoms with Crippen LogP contribution in [0.1, 0.15) is 15.9 Å². The summed E-state index contributed by atoms with van der Waals surface area (Å²) < 4.78 is 43.4. The van der Waals surface area contributed by atoms with Crippen molar-refractivity contribution in [1.29, 1.82) is 0 Å². The number of nitrogens with one attached hydrogen (secondary N) is 1. The first kappa shape index (κ1) is 18.1. The SMILES string of the molecule is O=COc1c(C(=O)Nc2cc(Cl)ccc2Cl)cccc1C(F)(F)F. The molecule has 0 heterocycles. The van der Waals surface area contributed by atoms with Crippen LogP contribution in [0.5, 0.6) is 5.75 Å². The molecule has 0 spiro atoms. The molecule has 0 atom stereocenters. The Labute approximate surface area is 144 Å². The largest absolute Gasteiger partial charge is 0.427 e. The van der Waals surface area contributed by atoms with E-state index in [0.717, 1.165) is 12.1 Å². The average molecular weight is 378 g/mol. The number of hydrogen-bond donors (Lipinski definition) is 1. The molecule has 0 aliphatic heterocycles. The zero-order valence-electron chi connectivity index (χ0n) is 11.7. The molecule has 0 aliphatic rings. The highest BCUT2D eigenvalue weighted by atomic mass is 35.5. The van der Waals surface area contributed by atoms with Crippen LogP contribution in [-0.4, -0.2) is 12.4 Å². The van der Waals surface area contributed by atoms with E-state index in [1.165, 1.54) is 18.2 Å². The van der Waals surface area contributed by atoms with E-state index in [4.69, 9.17) is 23.2 Å². The number of benzene rings is 2. The van der Waals surface area contributed by atoms with E-state index in [2.05, 4.69) is 10.1 Å². The lowest BCUT2D eigenvalue weighted by molar-refractivity contribution is -0.139. The molecule has 0 saturated heterocycles. The van der Waals surface area contributed by atoms with Crippen LogP contribution in [-0.2, 0) is 11.0 Å². The van der Waals surface area contributed by atoms with Gasteiger partial charge in [-0.05, 0) is 30.3 Å². The van der Waals surface area contributed by atoms with E-state index in [-0.39, 0.29) is 22.2 Å². The van der Waals surface area contributed by atoms with Gasteiger partial charge in [0.05, 0.1) is 21.8 Å². The molecule has 2 aromatic carbocycles. The summed E-state index contributed by atoms with van der Waals surface area (Å²) in [6.45, 7) is -0.187. The molecule has 0 unspecified atom stereocenters. The lowest BCUT2D eigenvalue weighted by Crippen LogP contribution is -2.17. The highest BCUT2D eigenvalue weighted by Gasteiger charge is 2.36. The van der Waals surface area contributed by atoms with Crippen LogP contribution < -0.4 is 10.1 Å². The molecule has 0 saturated carbocycles. The molecule has 0 fully saturated rings. The maximum atomic E-state index is 13.0. The topological polar surface area (TPSA) is 55.4 Å². The van der Waals surface area contributed by atoms with Crippen molar-refractivity contribution in [2.45, 2.75) is 6.18 Å². The van der Waals surface area contributed by atoms with Crippen molar-refractivity contribution in [3.8, 4) is 5.75 Å². The predicted octanol–water partition coefficient (Wildman–Crippen LogP) is 4.80. The second-order valence-electron chi connectivity index (χ2n) is 4.47. The van der Waals surface area contributed by atoms with Crippen molar-refractivity contribution >= 4 is 41.3 Å². The Morgan fingerprint density at radius 2 is 1.88 bits per heavy atom. The minimum Gasteiger partial charge on any atom is -0.427 e. The molecule has 24 heavy (non-hydrogen) atoms. The van der Waals surface area contributed by atoms with Gasteiger partial charge in [0.2, 0.25) is 0 Å². The van der Waals surface area contributed by atoms with Crippen LogP contribution in [0.2, 0.25) is 10.0 Å². The average Bonchev–Trinajstić information content (AvgIpc) is 2.50. The minimum atomic E-state index is -4.80. The van der Waals surface area contributed by atoms with E-state index in [0.29, 0.717) is 6.07 Å². The number of carbonyl (C=O) groups is 2. The first-order chi connectivity index (χ1) is 11.2. The van der Waals surface area contributed by atoms with Gasteiger partial charge in [-0.3, -0.25) is 9.59 Å². The third-order valence-corrected chi connectivity index (χ3v) is 3.47. The molecule has 2 rings (SSSR count). The first-order valence-corrected chi connectivity index (χ1v) is 7.06. The van der Waals surface area contributed by atoms with Gasteiger partial charge in [-0.25, -0.2) is 0 Å². The number of carbonyl (C=O) groups excluding carboxylic acids is 2. The molecule has 1 N–H and O–H groups in total. The van der Waals surface area contributed by atoms with Crippen molar-refractivity contribution in [2.24, 2.45) is 0 Å². The van der Waals surface area contributed by atoms with Crippen LogP contribution >= 0.6 is 23.2 Å². The van der Waals surface area contributed by atoms with Gasteiger partial charge in [0.15, 0.2) is 5.75 Å². The van der Waals surface area contributed by atoms with Crippen LogP contribution in [0.15, 0.2) is 36.4 Å². The van der Waals surface area contributed by atoms with Crippen molar-refractivity contribution in [3.05, 3.63) is 57.6 Å². The monoisotopic (exact) mass is 377 g/mol. The molecule has 0 aliphatic carbocycles. The Balaban J connectivity index is 2.45. The number of rotatable bonds is 4. The number of alkyl halides is 3. The zero-order valence-corrected chi connectivity index (χ0v) is 13.2. The van der Waals surface area contributed by atoms with Gasteiger partial charge in [0.1, 0.15) is 0 Å². The summed E-state index contributed by atoms with van der Waals surface area (Å²) >= 11 is 11.7. The molecule has 2 aromatic rings. The fraction of sp³-hybridized carbons (Fsp3) is 0.0667. The Kier molecular flexibility index (Phi) is 5.36. The Morgan fingerprint density at radius 3 is 2.50 bits per heavy atom. The molecular formula is C15H8Cl2F3NO3. The summed E-state index contributed by atoms with van der Waals surface area (Å²) in [5.74, 6) is -1.84. The summed E-state index contributed by atoms with van der Waals surface area (Å²) in [5.41, 5.74) is -1.63. The number of para-hydroxylation sites is 1. The second kappa shape index (κ2) is 7.11. The molecule has 1 amide bonds. The van der Waals surface area contributed by atoms with Crippen LogP contribution in [0, 0.1) is 0 Å². The lowest BCUT2D eigenvalue weighted by atomic mass is 10.1. The molecule has 0 aromatic heterocycles. The Hall–Kier alpha value is -2.25. The maximum Gasteiger partial charge on any atom is 0.420 e. The van der Waals surface area contributed by atoms with Gasteiger partial charge in [-0.1, -0.05) is 29.3 Å². The molecular weight excluding hydrogens is 370 g/mol. The Bertz CT molecular complexity index is 794. The van der Waals surface area contributed by atoms with Gasteiger partial charge < -0.3 is 10.1 Å². The minimum absolute atomic E-state index is 0.101. The molecule has 0 bridgehead atoms. The van der Waals surface area contributed by atoms with Gasteiger partial charge in [-0.15, -0.1) is 0 Å². The van der Waals surface area contributed by atoms with E-state index >= 15 is 0 Å². The van der Waals surface area contributed by atoms with Crippen LogP contribution in [0.25, 0.3) is 0 Å². The molecule has 126 valence electrons. The quantitative estimate of drug-likeness (QED) is 0.778. The summed E-state index contributed by atoms with van der Waals surface area (Å²) in [7, 11) is 0. The van der Waals surface area contributed by atoms with E-state index < -0.39 is 29.0 Å². The predicted molar refractivity (Wildman–Crippen MR) is 82.6 cm³/mol. The van der Waals surface area contributed by atoms with Crippen LogP contribution in [0.4, 0.5) is 18.9 Å². The summed E-state index contributed by atoms with van der Waals surface area (Å²) in [6.07, 6.45) is -4.80. The highest BCUT2D eigenvalue weighted by Crippen LogP contribution is 2.38. The van der Waals surface area contributed by atoms with Crippen molar-refractivity contribution in [2.75, 3.05) is 5.32 Å². The van der Waals surface area contributed by atoms with Gasteiger partial charge in [0, 0.05) is 5.02 Å². The highest BCUT2D eigenvalue weighted by molar-refractivity contribution is 6.35. The second-order valence-corrected chi connectivity index (χ2v) is 5.32. The van der Waals surface area contributed by atoms with Gasteiger partial charge in [-0.2, -0.15) is 13.2 Å². The van der Waals surface area contributed by atoms with Crippen LogP contribution in [0.3, 0.4) is 0 Å². The number of halogens is 5. The van der Waals surface area contributed by atoms with Crippen molar-refractivity contribution < 1.29 is 27.5 Å². The lowest BCUT2D eigenvalue weighted by Gasteiger charge is -2.15. The standard InChI is InChI=1S/C15H8Cl2F3NO3/c16-8-4-5-11(17)12(6-8)21-14(23)9-2-1-3-10(15(18,19)20)13(9)24-7-22/h1-7H,(H,21,23). The number of hydrogen-bond acceptors (Lipinski definition) is 3. The number of anilines is 1. The van der Waals surface area contributed by atoms with Crippen molar-refractivity contribution in [1.82, 2.24) is 0 Å². The molecule has 9 heteroatoms. The van der Waals surface area contributed by atoms with E-state index in [1.807, 2.05) is 0 Å². The summed E-state index contributed by atoms with van der Waals surface area (Å²) in [5, 5.41) is 2.73. The summed E-state index contributed by atoms with van der Waals surface area (Å²) in [4.78, 5) is 22.8. The zero-order chi connectivity index (χ0) is 17.9. The number of amides is 1. The molecule has 4 nitrogen and oxygen atoms in total. The van der Waals surface area contributed by atoms with Gasteiger partial charge in [0.25, 0.3) is 12.4 Å². The first-order valence-electron chi connectivity index (χ1n) is 6.31. The molecule has 0 radical (unpaired) electrons. The third-order valence-electron chi connectivity index (χ3n) is 2.91. The smallest absolute Gasteiger partial charge is 0.420 e.